The highest BCUT2D eigenvalue weighted by Gasteiger charge is 2.36. The van der Waals surface area contributed by atoms with Gasteiger partial charge < -0.3 is 41.7 Å². The Bertz CT molecular complexity index is 756. The monoisotopic (exact) mass is 438 g/mol. The maximum absolute atomic E-state index is 11.8. The lowest BCUT2D eigenvalue weighted by Gasteiger charge is -2.24. The highest BCUT2D eigenvalue weighted by molar-refractivity contribution is 7.52. The number of amides is 2. The van der Waals surface area contributed by atoms with Crippen molar-refractivity contribution in [3.05, 3.63) is 35.4 Å². The molecule has 4 atom stereocenters. The summed E-state index contributed by atoms with van der Waals surface area (Å²) in [5.74, 6) is -5.27. The van der Waals surface area contributed by atoms with Crippen molar-refractivity contribution in [3.8, 4) is 0 Å². The molecule has 0 heterocycles. The molecule has 0 saturated heterocycles. The summed E-state index contributed by atoms with van der Waals surface area (Å²) < 4.78 is 23.7. The molecule has 0 fully saturated rings. The van der Waals surface area contributed by atoms with Gasteiger partial charge >= 0.3 is 15.2 Å². The lowest BCUT2D eigenvalue weighted by atomic mass is 10.1. The summed E-state index contributed by atoms with van der Waals surface area (Å²) in [5, 5.41) is 4.22. The Labute approximate surface area is 161 Å². The molecule has 14 heteroatoms. The van der Waals surface area contributed by atoms with E-state index in [9.17, 15) is 38.3 Å². The van der Waals surface area contributed by atoms with Crippen LogP contribution in [0.2, 0.25) is 0 Å². The molecule has 2 unspecified atom stereocenters. The summed E-state index contributed by atoms with van der Waals surface area (Å²) in [6, 6.07) is 2.73. The Morgan fingerprint density at radius 1 is 0.857 bits per heavy atom. The molecule has 0 radical (unpaired) electrons. The van der Waals surface area contributed by atoms with E-state index in [4.69, 9.17) is 11.5 Å². The number of nitrogens with two attached hydrogens (primary N) is 2. The van der Waals surface area contributed by atoms with E-state index in [2.05, 4.69) is 10.6 Å². The average Bonchev–Trinajstić information content (AvgIpc) is 2.54. The molecule has 12 nitrogen and oxygen atoms in total. The molecule has 1 rings (SSSR count). The summed E-state index contributed by atoms with van der Waals surface area (Å²) in [5.41, 5.74) is 10.5. The molecule has 28 heavy (non-hydrogen) atoms. The molecule has 1 aromatic rings. The Morgan fingerprint density at radius 2 is 1.18 bits per heavy atom. The summed E-state index contributed by atoms with van der Waals surface area (Å²) in [4.78, 5) is 61.9. The van der Waals surface area contributed by atoms with Crippen molar-refractivity contribution in [2.75, 3.05) is 0 Å². The molecular formula is C14H24N4O8P2. The van der Waals surface area contributed by atoms with Crippen molar-refractivity contribution in [2.45, 2.75) is 37.5 Å². The number of hydrogen-bond donors (Lipinski definition) is 8. The molecule has 0 aliphatic carbocycles. The van der Waals surface area contributed by atoms with Gasteiger partial charge in [-0.15, -0.1) is 0 Å². The Balaban J connectivity index is 3.39. The van der Waals surface area contributed by atoms with E-state index in [0.29, 0.717) is 0 Å². The van der Waals surface area contributed by atoms with Crippen molar-refractivity contribution in [1.29, 1.82) is 0 Å². The summed E-state index contributed by atoms with van der Waals surface area (Å²) in [6.45, 7) is 2.63. The van der Waals surface area contributed by atoms with Crippen molar-refractivity contribution in [2.24, 2.45) is 11.5 Å². The fourth-order valence-electron chi connectivity index (χ4n) is 2.15. The van der Waals surface area contributed by atoms with E-state index >= 15 is 0 Å². The molecule has 0 bridgehead atoms. The van der Waals surface area contributed by atoms with E-state index in [1.165, 1.54) is 32.0 Å². The van der Waals surface area contributed by atoms with Gasteiger partial charge in [0.2, 0.25) is 11.8 Å². The van der Waals surface area contributed by atoms with Crippen LogP contribution in [0.5, 0.6) is 0 Å². The predicted octanol–water partition coefficient (Wildman–Crippen LogP) is -1.03. The number of hydrogen-bond acceptors (Lipinski definition) is 6. The van der Waals surface area contributed by atoms with Gasteiger partial charge in [0.1, 0.15) is 0 Å². The molecular weight excluding hydrogens is 414 g/mol. The van der Waals surface area contributed by atoms with Gasteiger partial charge in [-0.3, -0.25) is 18.7 Å². The van der Waals surface area contributed by atoms with Crippen molar-refractivity contribution >= 4 is 27.0 Å². The zero-order valence-electron chi connectivity index (χ0n) is 15.1. The van der Waals surface area contributed by atoms with Gasteiger partial charge in [-0.05, 0) is 25.0 Å². The SMILES string of the molecule is C[C@H](N)C(=O)NC(c1cccc(C(NC(=O)[C@H](C)N)P(=O)(O)O)c1)P(=O)(O)O. The maximum Gasteiger partial charge on any atom is 0.352 e. The average molecular weight is 438 g/mol. The first-order chi connectivity index (χ1) is 12.6. The summed E-state index contributed by atoms with van der Waals surface area (Å²) >= 11 is 0. The number of benzene rings is 1. The third-order valence-corrected chi connectivity index (χ3v) is 5.80. The summed E-state index contributed by atoms with van der Waals surface area (Å²) in [6.07, 6.45) is 0. The zero-order chi connectivity index (χ0) is 21.9. The van der Waals surface area contributed by atoms with Crippen molar-refractivity contribution < 1.29 is 38.3 Å². The number of carbonyl (C=O) groups is 2. The van der Waals surface area contributed by atoms with Crippen LogP contribution in [0, 0.1) is 0 Å². The van der Waals surface area contributed by atoms with Gasteiger partial charge in [-0.1, -0.05) is 24.3 Å². The van der Waals surface area contributed by atoms with E-state index in [1.807, 2.05) is 0 Å². The van der Waals surface area contributed by atoms with Gasteiger partial charge in [0, 0.05) is 0 Å². The van der Waals surface area contributed by atoms with Crippen LogP contribution in [-0.2, 0) is 18.7 Å². The van der Waals surface area contributed by atoms with E-state index in [0.717, 1.165) is 6.07 Å². The molecule has 1 aromatic carbocycles. The number of nitrogens with one attached hydrogen (secondary N) is 2. The first-order valence-electron chi connectivity index (χ1n) is 7.96. The molecule has 0 saturated carbocycles. The summed E-state index contributed by atoms with van der Waals surface area (Å²) in [7, 11) is -9.83. The van der Waals surface area contributed by atoms with Crippen LogP contribution in [0.15, 0.2) is 24.3 Å². The molecule has 0 aliphatic rings. The minimum Gasteiger partial charge on any atom is -0.337 e. The number of rotatable bonds is 8. The van der Waals surface area contributed by atoms with E-state index < -0.39 is 50.7 Å². The van der Waals surface area contributed by atoms with Crippen molar-refractivity contribution in [3.63, 3.8) is 0 Å². The van der Waals surface area contributed by atoms with Crippen LogP contribution in [0.1, 0.15) is 36.5 Å². The molecule has 0 aliphatic heterocycles. The lowest BCUT2D eigenvalue weighted by molar-refractivity contribution is -0.123. The van der Waals surface area contributed by atoms with Crippen molar-refractivity contribution in [1.82, 2.24) is 10.6 Å². The van der Waals surface area contributed by atoms with Gasteiger partial charge in [0.05, 0.1) is 12.1 Å². The van der Waals surface area contributed by atoms with Crippen LogP contribution in [0.3, 0.4) is 0 Å². The molecule has 158 valence electrons. The van der Waals surface area contributed by atoms with Gasteiger partial charge in [-0.2, -0.15) is 0 Å². The number of carbonyl (C=O) groups excluding carboxylic acids is 2. The lowest BCUT2D eigenvalue weighted by Crippen LogP contribution is -2.41. The largest absolute Gasteiger partial charge is 0.352 e. The second-order valence-electron chi connectivity index (χ2n) is 6.25. The second-order valence-corrected chi connectivity index (χ2v) is 9.64. The molecule has 10 N–H and O–H groups in total. The van der Waals surface area contributed by atoms with Gasteiger partial charge in [0.15, 0.2) is 11.6 Å². The van der Waals surface area contributed by atoms with Gasteiger partial charge in [0.25, 0.3) is 0 Å². The topological polar surface area (TPSA) is 225 Å². The Kier molecular flexibility index (Phi) is 8.07. The van der Waals surface area contributed by atoms with Crippen LogP contribution >= 0.6 is 15.2 Å². The van der Waals surface area contributed by atoms with Crippen LogP contribution in [-0.4, -0.2) is 43.5 Å². The van der Waals surface area contributed by atoms with Crippen LogP contribution in [0.4, 0.5) is 0 Å². The zero-order valence-corrected chi connectivity index (χ0v) is 16.9. The predicted molar refractivity (Wildman–Crippen MR) is 99.6 cm³/mol. The van der Waals surface area contributed by atoms with E-state index in [1.54, 1.807) is 0 Å². The Hall–Kier alpha value is -1.62. The Morgan fingerprint density at radius 3 is 1.43 bits per heavy atom. The van der Waals surface area contributed by atoms with Gasteiger partial charge in [-0.25, -0.2) is 0 Å². The normalized spacial score (nSPS) is 16.6. The highest BCUT2D eigenvalue weighted by atomic mass is 31.2. The fourth-order valence-corrected chi connectivity index (χ4v) is 3.84. The molecule has 2 amide bonds. The first kappa shape index (κ1) is 24.4. The standard InChI is InChI=1S/C14H24N4O8P2/c1-7(15)11(19)17-13(27(21,22)23)9-4-3-5-10(6-9)14(28(24,25)26)18-12(20)8(2)16/h3-8,13-14H,15-16H2,1-2H3,(H,17,19)(H,18,20)(H2,21,22,23)(H2,24,25,26)/t7-,8-,13?,14?/m0/s1. The van der Waals surface area contributed by atoms with Crippen LogP contribution < -0.4 is 22.1 Å². The smallest absolute Gasteiger partial charge is 0.337 e. The highest BCUT2D eigenvalue weighted by Crippen LogP contribution is 2.53. The van der Waals surface area contributed by atoms with E-state index in [-0.39, 0.29) is 11.1 Å². The fraction of sp³-hybridized carbons (Fsp3) is 0.429. The molecule has 0 aromatic heterocycles. The minimum absolute atomic E-state index is 0.131. The third-order valence-electron chi connectivity index (χ3n) is 3.60. The second kappa shape index (κ2) is 9.25. The molecule has 0 spiro atoms. The maximum atomic E-state index is 11.8. The first-order valence-corrected chi connectivity index (χ1v) is 11.3. The quantitative estimate of drug-likeness (QED) is 0.230. The third kappa shape index (κ3) is 6.77. The minimum atomic E-state index is -4.91. The van der Waals surface area contributed by atoms with Crippen LogP contribution in [0.25, 0.3) is 0 Å².